The first-order valence-corrected chi connectivity index (χ1v) is 16.9. The fourth-order valence-corrected chi connectivity index (χ4v) is 6.76. The van der Waals surface area contributed by atoms with Crippen LogP contribution in [0.2, 0.25) is 0 Å². The number of benzene rings is 7. The number of nitrogens with one attached hydrogen (secondary N) is 1. The van der Waals surface area contributed by atoms with Crippen LogP contribution in [0.3, 0.4) is 0 Å². The van der Waals surface area contributed by atoms with Gasteiger partial charge in [-0.15, -0.1) is 0 Å². The van der Waals surface area contributed by atoms with E-state index >= 15 is 0 Å². The maximum Gasteiger partial charge on any atom is 0.0121 e. The van der Waals surface area contributed by atoms with Crippen molar-refractivity contribution >= 4 is 32.3 Å². The fraction of sp³-hybridized carbons (Fsp3) is 0.130. The molecule has 7 aromatic carbocycles. The van der Waals surface area contributed by atoms with Gasteiger partial charge in [0.15, 0.2) is 0 Å². The molecular formula is C46H43N. The Labute approximate surface area is 279 Å². The van der Waals surface area contributed by atoms with Crippen molar-refractivity contribution in [3.63, 3.8) is 0 Å². The lowest BCUT2D eigenvalue weighted by molar-refractivity contribution is 1.27. The van der Waals surface area contributed by atoms with Crippen molar-refractivity contribution in [3.05, 3.63) is 157 Å². The molecule has 0 saturated carbocycles. The van der Waals surface area contributed by atoms with E-state index in [9.17, 15) is 0 Å². The summed E-state index contributed by atoms with van der Waals surface area (Å²) in [5.41, 5.74) is 12.5. The van der Waals surface area contributed by atoms with Crippen molar-refractivity contribution in [1.29, 1.82) is 0 Å². The van der Waals surface area contributed by atoms with Gasteiger partial charge >= 0.3 is 0 Å². The third kappa shape index (κ3) is 5.86. The van der Waals surface area contributed by atoms with Crippen LogP contribution in [0.5, 0.6) is 0 Å². The second kappa shape index (κ2) is 13.9. The van der Waals surface area contributed by atoms with E-state index in [1.54, 1.807) is 0 Å². The largest absolute Gasteiger partial charge is 0.365 e. The van der Waals surface area contributed by atoms with Crippen molar-refractivity contribution < 1.29 is 0 Å². The molecule has 1 heterocycles. The van der Waals surface area contributed by atoms with Crippen LogP contribution in [-0.4, -0.2) is 4.98 Å². The molecule has 0 amide bonds. The van der Waals surface area contributed by atoms with Crippen LogP contribution in [0.4, 0.5) is 0 Å². The molecule has 1 heteroatoms. The molecule has 0 aliphatic carbocycles. The maximum absolute atomic E-state index is 3.34. The van der Waals surface area contributed by atoms with Crippen molar-refractivity contribution in [2.45, 2.75) is 41.5 Å². The molecule has 0 radical (unpaired) electrons. The smallest absolute Gasteiger partial charge is 0.0121 e. The number of aryl methyl sites for hydroxylation is 2. The van der Waals surface area contributed by atoms with Crippen molar-refractivity contribution in [2.75, 3.05) is 0 Å². The molecule has 0 spiro atoms. The zero-order chi connectivity index (χ0) is 32.9. The molecule has 0 atom stereocenters. The molecule has 0 unspecified atom stereocenters. The molecule has 8 aromatic rings. The van der Waals surface area contributed by atoms with Gasteiger partial charge in [-0.25, -0.2) is 0 Å². The van der Waals surface area contributed by atoms with Crippen LogP contribution in [0.1, 0.15) is 39.0 Å². The Morgan fingerprint density at radius 1 is 0.362 bits per heavy atom. The second-order valence-corrected chi connectivity index (χ2v) is 11.6. The summed E-state index contributed by atoms with van der Waals surface area (Å²) in [6.45, 7) is 12.2. The van der Waals surface area contributed by atoms with Gasteiger partial charge in [-0.1, -0.05) is 161 Å². The standard InChI is InChI=1S/C42H31N.2C2H6/c1-27-18-20-29(21-19-27)33-22-23-40(35-13-4-3-12-34(33)35)42-38-16-7-5-14-36(38)41(37-15-6-8-17-39(37)42)31-11-9-10-30(25-31)32-24-28(2)43-26-32;2*1-2/h3-26,43H,1-2H3;2*1-2H3. The highest BCUT2D eigenvalue weighted by molar-refractivity contribution is 6.24. The zero-order valence-electron chi connectivity index (χ0n) is 28.4. The number of hydrogen-bond acceptors (Lipinski definition) is 0. The Hall–Kier alpha value is -5.40. The van der Waals surface area contributed by atoms with E-state index in [-0.39, 0.29) is 0 Å². The van der Waals surface area contributed by atoms with Gasteiger partial charge in [-0.3, -0.25) is 0 Å². The van der Waals surface area contributed by atoms with Gasteiger partial charge in [0.2, 0.25) is 0 Å². The van der Waals surface area contributed by atoms with Crippen molar-refractivity contribution in [2.24, 2.45) is 0 Å². The normalized spacial score (nSPS) is 10.8. The van der Waals surface area contributed by atoms with Crippen LogP contribution < -0.4 is 0 Å². The topological polar surface area (TPSA) is 15.8 Å². The van der Waals surface area contributed by atoms with Crippen molar-refractivity contribution in [3.8, 4) is 44.5 Å². The highest BCUT2D eigenvalue weighted by atomic mass is 14.7. The van der Waals surface area contributed by atoms with Gasteiger partial charge < -0.3 is 4.98 Å². The number of rotatable bonds is 4. The third-order valence-corrected chi connectivity index (χ3v) is 8.80. The molecule has 232 valence electrons. The molecule has 0 aliphatic heterocycles. The van der Waals surface area contributed by atoms with Crippen LogP contribution >= 0.6 is 0 Å². The number of aromatic nitrogens is 1. The Morgan fingerprint density at radius 3 is 1.40 bits per heavy atom. The Bertz CT molecular complexity index is 2240. The lowest BCUT2D eigenvalue weighted by Gasteiger charge is -2.20. The first kappa shape index (κ1) is 31.6. The van der Waals surface area contributed by atoms with E-state index < -0.39 is 0 Å². The molecule has 0 aliphatic rings. The van der Waals surface area contributed by atoms with E-state index in [2.05, 4.69) is 165 Å². The van der Waals surface area contributed by atoms with Gasteiger partial charge in [0, 0.05) is 11.9 Å². The predicted molar refractivity (Wildman–Crippen MR) is 207 cm³/mol. The minimum absolute atomic E-state index is 1.17. The molecule has 8 rings (SSSR count). The molecule has 1 N–H and O–H groups in total. The predicted octanol–water partition coefficient (Wildman–Crippen LogP) is 13.8. The van der Waals surface area contributed by atoms with E-state index in [1.807, 2.05) is 27.7 Å². The molecular weight excluding hydrogens is 567 g/mol. The van der Waals surface area contributed by atoms with Crippen LogP contribution in [0, 0.1) is 13.8 Å². The monoisotopic (exact) mass is 609 g/mol. The molecule has 0 fully saturated rings. The number of H-pyrrole nitrogens is 1. The molecule has 0 bridgehead atoms. The SMILES string of the molecule is CC.CC.Cc1ccc(-c2ccc(-c3c4ccccc4c(-c4cccc(-c5c[nH]c(C)c5)c4)c4ccccc34)c3ccccc23)cc1. The summed E-state index contributed by atoms with van der Waals surface area (Å²) >= 11 is 0. The highest BCUT2D eigenvalue weighted by Gasteiger charge is 2.19. The van der Waals surface area contributed by atoms with Crippen LogP contribution in [-0.2, 0) is 0 Å². The summed E-state index contributed by atoms with van der Waals surface area (Å²) in [7, 11) is 0. The lowest BCUT2D eigenvalue weighted by Crippen LogP contribution is -1.92. The van der Waals surface area contributed by atoms with Crippen LogP contribution in [0.25, 0.3) is 76.8 Å². The first-order valence-electron chi connectivity index (χ1n) is 16.9. The molecule has 1 aromatic heterocycles. The summed E-state index contributed by atoms with van der Waals surface area (Å²) in [6.07, 6.45) is 2.10. The highest BCUT2D eigenvalue weighted by Crippen LogP contribution is 2.46. The van der Waals surface area contributed by atoms with Gasteiger partial charge in [0.25, 0.3) is 0 Å². The molecule has 0 saturated heterocycles. The van der Waals surface area contributed by atoms with Gasteiger partial charge in [-0.2, -0.15) is 0 Å². The summed E-state index contributed by atoms with van der Waals surface area (Å²) in [4.78, 5) is 3.34. The zero-order valence-corrected chi connectivity index (χ0v) is 28.4. The van der Waals surface area contributed by atoms with Crippen LogP contribution in [0.15, 0.2) is 146 Å². The number of hydrogen-bond donors (Lipinski definition) is 1. The summed E-state index contributed by atoms with van der Waals surface area (Å²) < 4.78 is 0. The van der Waals surface area contributed by atoms with Gasteiger partial charge in [0.1, 0.15) is 0 Å². The summed E-state index contributed by atoms with van der Waals surface area (Å²) in [5.74, 6) is 0. The van der Waals surface area contributed by atoms with Crippen molar-refractivity contribution in [1.82, 2.24) is 4.98 Å². The Morgan fingerprint density at radius 2 is 0.851 bits per heavy atom. The van der Waals surface area contributed by atoms with E-state index in [0.717, 1.165) is 0 Å². The molecule has 1 nitrogen and oxygen atoms in total. The lowest BCUT2D eigenvalue weighted by atomic mass is 9.83. The fourth-order valence-electron chi connectivity index (χ4n) is 6.76. The number of fused-ring (bicyclic) bond motifs is 3. The maximum atomic E-state index is 3.34. The second-order valence-electron chi connectivity index (χ2n) is 11.6. The molecule has 47 heavy (non-hydrogen) atoms. The van der Waals surface area contributed by atoms with E-state index in [1.165, 1.54) is 88.1 Å². The van der Waals surface area contributed by atoms with Gasteiger partial charge in [0.05, 0.1) is 0 Å². The quantitative estimate of drug-likeness (QED) is 0.191. The summed E-state index contributed by atoms with van der Waals surface area (Å²) in [6, 6.07) is 51.4. The van der Waals surface area contributed by atoms with E-state index in [0.29, 0.717) is 0 Å². The minimum Gasteiger partial charge on any atom is -0.365 e. The average molecular weight is 610 g/mol. The Kier molecular flexibility index (Phi) is 9.36. The average Bonchev–Trinajstić information content (AvgIpc) is 3.58. The third-order valence-electron chi connectivity index (χ3n) is 8.80. The first-order chi connectivity index (χ1) is 23.2. The summed E-state index contributed by atoms with van der Waals surface area (Å²) in [5, 5.41) is 7.62. The number of aromatic amines is 1. The minimum atomic E-state index is 1.17. The van der Waals surface area contributed by atoms with E-state index in [4.69, 9.17) is 0 Å². The Balaban J connectivity index is 0.000000932. The van der Waals surface area contributed by atoms with Gasteiger partial charge in [-0.05, 0) is 103 Å².